The molecule has 0 spiro atoms. The molecule has 1 aromatic carbocycles. The Labute approximate surface area is 134 Å². The second-order valence-electron chi connectivity index (χ2n) is 5.90. The molecule has 0 unspecified atom stereocenters. The molecule has 5 nitrogen and oxygen atoms in total. The lowest BCUT2D eigenvalue weighted by atomic mass is 10.0. The van der Waals surface area contributed by atoms with E-state index >= 15 is 0 Å². The van der Waals surface area contributed by atoms with Crippen LogP contribution in [0.15, 0.2) is 42.7 Å². The predicted octanol–water partition coefficient (Wildman–Crippen LogP) is 3.01. The summed E-state index contributed by atoms with van der Waals surface area (Å²) in [7, 11) is 0. The van der Waals surface area contributed by atoms with Crippen molar-refractivity contribution < 1.29 is 4.79 Å². The highest BCUT2D eigenvalue weighted by molar-refractivity contribution is 6.07. The average Bonchev–Trinajstić information content (AvgIpc) is 3.26. The van der Waals surface area contributed by atoms with Crippen LogP contribution < -0.4 is 5.32 Å². The van der Waals surface area contributed by atoms with Gasteiger partial charge in [-0.05, 0) is 31.9 Å². The highest BCUT2D eigenvalue weighted by atomic mass is 16.1. The Bertz CT molecular complexity index is 880. The Morgan fingerprint density at radius 3 is 2.91 bits per heavy atom. The zero-order valence-corrected chi connectivity index (χ0v) is 13.0. The average molecular weight is 306 g/mol. The molecule has 1 aliphatic carbocycles. The summed E-state index contributed by atoms with van der Waals surface area (Å²) in [6.07, 6.45) is 5.90. The van der Waals surface area contributed by atoms with Gasteiger partial charge in [-0.1, -0.05) is 18.2 Å². The van der Waals surface area contributed by atoms with E-state index in [9.17, 15) is 4.79 Å². The van der Waals surface area contributed by atoms with Crippen LogP contribution in [-0.4, -0.2) is 26.7 Å². The number of aryl methyl sites for hydroxylation is 1. The lowest BCUT2D eigenvalue weighted by molar-refractivity contribution is 0.0952. The molecular formula is C18H18N4O. The summed E-state index contributed by atoms with van der Waals surface area (Å²) in [6.45, 7) is 2.85. The van der Waals surface area contributed by atoms with E-state index in [0.717, 1.165) is 41.5 Å². The zero-order valence-electron chi connectivity index (χ0n) is 13.0. The molecular weight excluding hydrogens is 288 g/mol. The van der Waals surface area contributed by atoms with Crippen LogP contribution in [0.5, 0.6) is 0 Å². The molecule has 0 saturated heterocycles. The van der Waals surface area contributed by atoms with E-state index in [1.54, 1.807) is 6.20 Å². The van der Waals surface area contributed by atoms with Crippen LogP contribution >= 0.6 is 0 Å². The summed E-state index contributed by atoms with van der Waals surface area (Å²) < 4.78 is 1.86. The minimum Gasteiger partial charge on any atom is -0.349 e. The van der Waals surface area contributed by atoms with Crippen molar-refractivity contribution in [1.29, 1.82) is 0 Å². The van der Waals surface area contributed by atoms with Crippen LogP contribution in [0.3, 0.4) is 0 Å². The van der Waals surface area contributed by atoms with Gasteiger partial charge in [-0.2, -0.15) is 5.10 Å². The van der Waals surface area contributed by atoms with Gasteiger partial charge in [0, 0.05) is 29.7 Å². The maximum atomic E-state index is 12.6. The molecule has 2 aromatic heterocycles. The number of carbonyl (C=O) groups excluding carboxylic acids is 1. The second kappa shape index (κ2) is 5.50. The summed E-state index contributed by atoms with van der Waals surface area (Å²) in [6, 6.07) is 9.97. The number of para-hydroxylation sites is 1. The van der Waals surface area contributed by atoms with Gasteiger partial charge < -0.3 is 5.32 Å². The van der Waals surface area contributed by atoms with Gasteiger partial charge in [0.25, 0.3) is 5.91 Å². The summed E-state index contributed by atoms with van der Waals surface area (Å²) >= 11 is 0. The van der Waals surface area contributed by atoms with Gasteiger partial charge in [-0.25, -0.2) is 4.98 Å². The molecule has 5 heteroatoms. The van der Waals surface area contributed by atoms with E-state index in [4.69, 9.17) is 4.98 Å². The molecule has 116 valence electrons. The molecule has 1 amide bonds. The number of aromatic nitrogens is 3. The molecule has 3 aromatic rings. The first-order valence-corrected chi connectivity index (χ1v) is 7.98. The Balaban J connectivity index is 1.83. The number of nitrogens with one attached hydrogen (secondary N) is 1. The Morgan fingerprint density at radius 1 is 1.35 bits per heavy atom. The lowest BCUT2D eigenvalue weighted by Gasteiger charge is -2.09. The minimum absolute atomic E-state index is 0.0183. The standard InChI is InChI=1S/C18H18N4O/c1-2-22-11-12(10-19-22)17-9-15(18(23)20-13-7-8-13)14-5-3-4-6-16(14)21-17/h3-6,9-11,13H,2,7-8H2,1H3,(H,20,23). The fraction of sp³-hybridized carbons (Fsp3) is 0.278. The normalized spacial score (nSPS) is 14.1. The van der Waals surface area contributed by atoms with Crippen molar-refractivity contribution in [2.75, 3.05) is 0 Å². The topological polar surface area (TPSA) is 59.8 Å². The molecule has 4 rings (SSSR count). The number of fused-ring (bicyclic) bond motifs is 1. The van der Waals surface area contributed by atoms with Gasteiger partial charge in [-0.15, -0.1) is 0 Å². The smallest absolute Gasteiger partial charge is 0.252 e. The summed E-state index contributed by atoms with van der Waals surface area (Å²) in [5, 5.41) is 8.26. The minimum atomic E-state index is -0.0183. The van der Waals surface area contributed by atoms with E-state index < -0.39 is 0 Å². The van der Waals surface area contributed by atoms with Gasteiger partial charge in [0.05, 0.1) is 23.0 Å². The molecule has 1 N–H and O–H groups in total. The highest BCUT2D eigenvalue weighted by Gasteiger charge is 2.25. The van der Waals surface area contributed by atoms with E-state index in [0.29, 0.717) is 11.6 Å². The van der Waals surface area contributed by atoms with Crippen LogP contribution in [0.25, 0.3) is 22.2 Å². The van der Waals surface area contributed by atoms with Crippen molar-refractivity contribution in [1.82, 2.24) is 20.1 Å². The number of hydrogen-bond acceptors (Lipinski definition) is 3. The summed E-state index contributed by atoms with van der Waals surface area (Å²) in [5.41, 5.74) is 3.22. The van der Waals surface area contributed by atoms with E-state index in [1.165, 1.54) is 0 Å². The Kier molecular flexibility index (Phi) is 3.33. The van der Waals surface area contributed by atoms with E-state index in [1.807, 2.05) is 48.1 Å². The first-order valence-electron chi connectivity index (χ1n) is 7.98. The van der Waals surface area contributed by atoms with Crippen molar-refractivity contribution in [2.45, 2.75) is 32.4 Å². The number of hydrogen-bond donors (Lipinski definition) is 1. The number of rotatable bonds is 4. The molecule has 2 heterocycles. The largest absolute Gasteiger partial charge is 0.349 e. The van der Waals surface area contributed by atoms with Crippen LogP contribution in [0.2, 0.25) is 0 Å². The van der Waals surface area contributed by atoms with Gasteiger partial charge in [-0.3, -0.25) is 9.48 Å². The van der Waals surface area contributed by atoms with Gasteiger partial charge in [0.1, 0.15) is 0 Å². The number of nitrogens with zero attached hydrogens (tertiary/aromatic N) is 3. The van der Waals surface area contributed by atoms with Crippen LogP contribution in [0, 0.1) is 0 Å². The van der Waals surface area contributed by atoms with E-state index in [-0.39, 0.29) is 5.91 Å². The first kappa shape index (κ1) is 13.9. The molecule has 0 radical (unpaired) electrons. The molecule has 0 atom stereocenters. The van der Waals surface area contributed by atoms with Crippen LogP contribution in [0.4, 0.5) is 0 Å². The summed E-state index contributed by atoms with van der Waals surface area (Å²) in [4.78, 5) is 17.3. The third-order valence-electron chi connectivity index (χ3n) is 4.13. The van der Waals surface area contributed by atoms with Crippen molar-refractivity contribution in [2.24, 2.45) is 0 Å². The first-order chi connectivity index (χ1) is 11.2. The third-order valence-corrected chi connectivity index (χ3v) is 4.13. The van der Waals surface area contributed by atoms with Crippen molar-refractivity contribution >= 4 is 16.8 Å². The number of benzene rings is 1. The Hall–Kier alpha value is -2.69. The molecule has 1 fully saturated rings. The van der Waals surface area contributed by atoms with Crippen molar-refractivity contribution in [3.8, 4) is 11.3 Å². The SMILES string of the molecule is CCn1cc(-c2cc(C(=O)NC3CC3)c3ccccc3n2)cn1. The zero-order chi connectivity index (χ0) is 15.8. The fourth-order valence-corrected chi connectivity index (χ4v) is 2.67. The monoisotopic (exact) mass is 306 g/mol. The number of carbonyl (C=O) groups is 1. The molecule has 1 aliphatic rings. The molecule has 23 heavy (non-hydrogen) atoms. The van der Waals surface area contributed by atoms with Crippen molar-refractivity contribution in [3.05, 3.63) is 48.3 Å². The third kappa shape index (κ3) is 2.70. The van der Waals surface area contributed by atoms with Crippen LogP contribution in [-0.2, 0) is 6.54 Å². The molecule has 0 bridgehead atoms. The van der Waals surface area contributed by atoms with Gasteiger partial charge in [0.2, 0.25) is 0 Å². The van der Waals surface area contributed by atoms with Crippen LogP contribution in [0.1, 0.15) is 30.1 Å². The fourth-order valence-electron chi connectivity index (χ4n) is 2.67. The Morgan fingerprint density at radius 2 is 2.17 bits per heavy atom. The summed E-state index contributed by atoms with van der Waals surface area (Å²) in [5.74, 6) is -0.0183. The quantitative estimate of drug-likeness (QED) is 0.806. The maximum absolute atomic E-state index is 12.6. The molecule has 1 saturated carbocycles. The van der Waals surface area contributed by atoms with E-state index in [2.05, 4.69) is 10.4 Å². The van der Waals surface area contributed by atoms with Gasteiger partial charge in [0.15, 0.2) is 0 Å². The number of amides is 1. The molecule has 0 aliphatic heterocycles. The highest BCUT2D eigenvalue weighted by Crippen LogP contribution is 2.26. The lowest BCUT2D eigenvalue weighted by Crippen LogP contribution is -2.25. The predicted molar refractivity (Wildman–Crippen MR) is 89.1 cm³/mol. The van der Waals surface area contributed by atoms with Gasteiger partial charge >= 0.3 is 0 Å². The number of pyridine rings is 1. The van der Waals surface area contributed by atoms with Crippen molar-refractivity contribution in [3.63, 3.8) is 0 Å². The maximum Gasteiger partial charge on any atom is 0.252 e. The second-order valence-corrected chi connectivity index (χ2v) is 5.90.